The molecule has 8 nitrogen and oxygen atoms in total. The molecule has 0 radical (unpaired) electrons. The highest BCUT2D eigenvalue weighted by Crippen LogP contribution is 2.19. The number of anilines is 1. The molecule has 2 aromatic rings. The standard InChI is InChI=1S/C29H42N2O6/c1-5-8-23(9-6-2)21-31(29(34)30-24-12-16-25(35-4)17-13-24)18-19-37-26-14-10-22(11-15-26)20-27(28(32)33)36-7-3/h10-17,23,27H,5-9,18-21H2,1-4H3,(H,30,34)(H,32,33). The molecule has 204 valence electrons. The van der Waals surface area contributed by atoms with Crippen molar-refractivity contribution in [3.05, 3.63) is 54.1 Å². The fourth-order valence-electron chi connectivity index (χ4n) is 4.24. The quantitative estimate of drug-likeness (QED) is 0.275. The Morgan fingerprint density at radius 1 is 0.946 bits per heavy atom. The second-order valence-electron chi connectivity index (χ2n) is 9.03. The molecule has 0 heterocycles. The van der Waals surface area contributed by atoms with Crippen molar-refractivity contribution in [3.8, 4) is 11.5 Å². The molecule has 2 aromatic carbocycles. The molecule has 37 heavy (non-hydrogen) atoms. The lowest BCUT2D eigenvalue weighted by Gasteiger charge is -2.28. The van der Waals surface area contributed by atoms with E-state index < -0.39 is 12.1 Å². The number of carbonyl (C=O) groups excluding carboxylic acids is 1. The van der Waals surface area contributed by atoms with Crippen LogP contribution in [0.2, 0.25) is 0 Å². The summed E-state index contributed by atoms with van der Waals surface area (Å²) in [4.78, 5) is 26.3. The number of nitrogens with zero attached hydrogens (tertiary/aromatic N) is 1. The van der Waals surface area contributed by atoms with Gasteiger partial charge in [-0.05, 0) is 67.6 Å². The first-order valence-electron chi connectivity index (χ1n) is 13.2. The number of hydrogen-bond donors (Lipinski definition) is 2. The molecule has 1 unspecified atom stereocenters. The summed E-state index contributed by atoms with van der Waals surface area (Å²) in [6.45, 7) is 7.92. The van der Waals surface area contributed by atoms with Gasteiger partial charge in [0.15, 0.2) is 6.10 Å². The molecule has 8 heteroatoms. The van der Waals surface area contributed by atoms with Crippen molar-refractivity contribution in [2.24, 2.45) is 5.92 Å². The van der Waals surface area contributed by atoms with E-state index in [0.29, 0.717) is 50.1 Å². The van der Waals surface area contributed by atoms with E-state index >= 15 is 0 Å². The first-order chi connectivity index (χ1) is 17.9. The zero-order valence-corrected chi connectivity index (χ0v) is 22.6. The molecule has 0 aliphatic carbocycles. The van der Waals surface area contributed by atoms with E-state index in [4.69, 9.17) is 14.2 Å². The Morgan fingerprint density at radius 2 is 1.57 bits per heavy atom. The van der Waals surface area contributed by atoms with E-state index in [-0.39, 0.29) is 6.03 Å². The average Bonchev–Trinajstić information content (AvgIpc) is 2.89. The van der Waals surface area contributed by atoms with Crippen LogP contribution in [0, 0.1) is 5.92 Å². The number of benzene rings is 2. The number of rotatable bonds is 17. The maximum absolute atomic E-state index is 13.2. The fraction of sp³-hybridized carbons (Fsp3) is 0.517. The van der Waals surface area contributed by atoms with Gasteiger partial charge in [-0.15, -0.1) is 0 Å². The number of hydrogen-bond acceptors (Lipinski definition) is 5. The van der Waals surface area contributed by atoms with Crippen LogP contribution in [0.25, 0.3) is 0 Å². The number of carboxylic acid groups (broad SMARTS) is 1. The summed E-state index contributed by atoms with van der Waals surface area (Å²) in [7, 11) is 1.61. The van der Waals surface area contributed by atoms with Crippen LogP contribution in [0.15, 0.2) is 48.5 Å². The topological polar surface area (TPSA) is 97.3 Å². The summed E-state index contributed by atoms with van der Waals surface area (Å²) in [5.41, 5.74) is 1.57. The van der Waals surface area contributed by atoms with Crippen LogP contribution in [0.5, 0.6) is 11.5 Å². The van der Waals surface area contributed by atoms with Crippen LogP contribution in [0.3, 0.4) is 0 Å². The third kappa shape index (κ3) is 10.7. The molecule has 2 amide bonds. The number of urea groups is 1. The summed E-state index contributed by atoms with van der Waals surface area (Å²) in [6.07, 6.45) is 3.72. The van der Waals surface area contributed by atoms with Crippen LogP contribution in [0.4, 0.5) is 10.5 Å². The van der Waals surface area contributed by atoms with Crippen molar-refractivity contribution >= 4 is 17.7 Å². The number of carboxylic acids is 1. The summed E-state index contributed by atoms with van der Waals surface area (Å²) in [5.74, 6) is 0.862. The lowest BCUT2D eigenvalue weighted by molar-refractivity contribution is -0.149. The summed E-state index contributed by atoms with van der Waals surface area (Å²) < 4.78 is 16.4. The summed E-state index contributed by atoms with van der Waals surface area (Å²) in [6, 6.07) is 14.4. The lowest BCUT2D eigenvalue weighted by atomic mass is 9.98. The number of carbonyl (C=O) groups is 2. The predicted octanol–water partition coefficient (Wildman–Crippen LogP) is 5.86. The molecule has 0 bridgehead atoms. The van der Waals surface area contributed by atoms with Crippen molar-refractivity contribution in [1.29, 1.82) is 0 Å². The van der Waals surface area contributed by atoms with Crippen molar-refractivity contribution in [2.75, 3.05) is 38.7 Å². The number of ether oxygens (including phenoxy) is 3. The van der Waals surface area contributed by atoms with Crippen molar-refractivity contribution in [1.82, 2.24) is 4.90 Å². The molecular formula is C29H42N2O6. The normalized spacial score (nSPS) is 11.7. The SMILES string of the molecule is CCCC(CCC)CN(CCOc1ccc(CC(OCC)C(=O)O)cc1)C(=O)Nc1ccc(OC)cc1. The largest absolute Gasteiger partial charge is 0.497 e. The second kappa shape index (κ2) is 16.5. The predicted molar refractivity (Wildman–Crippen MR) is 146 cm³/mol. The van der Waals surface area contributed by atoms with Crippen LogP contribution < -0.4 is 14.8 Å². The van der Waals surface area contributed by atoms with Gasteiger partial charge in [0.2, 0.25) is 0 Å². The van der Waals surface area contributed by atoms with E-state index in [0.717, 1.165) is 37.0 Å². The van der Waals surface area contributed by atoms with E-state index in [2.05, 4.69) is 19.2 Å². The van der Waals surface area contributed by atoms with Gasteiger partial charge in [0.05, 0.1) is 13.7 Å². The minimum atomic E-state index is -0.973. The van der Waals surface area contributed by atoms with E-state index in [1.165, 1.54) is 0 Å². The highest BCUT2D eigenvalue weighted by Gasteiger charge is 2.20. The van der Waals surface area contributed by atoms with Gasteiger partial charge in [0.25, 0.3) is 0 Å². The van der Waals surface area contributed by atoms with Gasteiger partial charge in [-0.1, -0.05) is 38.8 Å². The number of amides is 2. The Morgan fingerprint density at radius 3 is 2.11 bits per heavy atom. The van der Waals surface area contributed by atoms with E-state index in [9.17, 15) is 14.7 Å². The molecule has 0 aromatic heterocycles. The fourth-order valence-corrected chi connectivity index (χ4v) is 4.24. The van der Waals surface area contributed by atoms with Crippen molar-refractivity contribution in [3.63, 3.8) is 0 Å². The number of methoxy groups -OCH3 is 1. The number of nitrogens with one attached hydrogen (secondary N) is 1. The van der Waals surface area contributed by atoms with E-state index in [1.807, 2.05) is 53.4 Å². The molecule has 0 spiro atoms. The maximum atomic E-state index is 13.2. The Hall–Kier alpha value is -3.26. The minimum Gasteiger partial charge on any atom is -0.497 e. The third-order valence-corrected chi connectivity index (χ3v) is 6.12. The monoisotopic (exact) mass is 514 g/mol. The molecule has 0 saturated carbocycles. The van der Waals surface area contributed by atoms with Gasteiger partial charge < -0.3 is 29.5 Å². The highest BCUT2D eigenvalue weighted by atomic mass is 16.5. The molecule has 2 N–H and O–H groups in total. The van der Waals surface area contributed by atoms with Gasteiger partial charge in [-0.25, -0.2) is 9.59 Å². The molecule has 0 fully saturated rings. The summed E-state index contributed by atoms with van der Waals surface area (Å²) in [5, 5.41) is 12.3. The van der Waals surface area contributed by atoms with Gasteiger partial charge >= 0.3 is 12.0 Å². The summed E-state index contributed by atoms with van der Waals surface area (Å²) >= 11 is 0. The molecule has 0 aliphatic rings. The second-order valence-corrected chi connectivity index (χ2v) is 9.03. The average molecular weight is 515 g/mol. The first kappa shape index (κ1) is 30.0. The van der Waals surface area contributed by atoms with Crippen LogP contribution in [-0.4, -0.2) is 61.5 Å². The van der Waals surface area contributed by atoms with Gasteiger partial charge in [0.1, 0.15) is 18.1 Å². The highest BCUT2D eigenvalue weighted by molar-refractivity contribution is 5.89. The van der Waals surface area contributed by atoms with Gasteiger partial charge in [-0.3, -0.25) is 0 Å². The van der Waals surface area contributed by atoms with Crippen LogP contribution >= 0.6 is 0 Å². The Labute approximate surface area is 220 Å². The molecule has 0 saturated heterocycles. The molecule has 0 aliphatic heterocycles. The minimum absolute atomic E-state index is 0.156. The molecular weight excluding hydrogens is 472 g/mol. The first-order valence-corrected chi connectivity index (χ1v) is 13.2. The Bertz CT molecular complexity index is 926. The smallest absolute Gasteiger partial charge is 0.333 e. The lowest BCUT2D eigenvalue weighted by Crippen LogP contribution is -2.41. The van der Waals surface area contributed by atoms with E-state index in [1.54, 1.807) is 14.0 Å². The third-order valence-electron chi connectivity index (χ3n) is 6.12. The zero-order chi connectivity index (χ0) is 27.0. The molecule has 2 rings (SSSR count). The van der Waals surface area contributed by atoms with Gasteiger partial charge in [0, 0.05) is 25.3 Å². The van der Waals surface area contributed by atoms with Crippen LogP contribution in [-0.2, 0) is 16.0 Å². The Balaban J connectivity index is 2.00. The maximum Gasteiger partial charge on any atom is 0.333 e. The molecule has 1 atom stereocenters. The van der Waals surface area contributed by atoms with Gasteiger partial charge in [-0.2, -0.15) is 0 Å². The Kier molecular flexibility index (Phi) is 13.3. The van der Waals surface area contributed by atoms with Crippen molar-refractivity contribution < 1.29 is 28.9 Å². The zero-order valence-electron chi connectivity index (χ0n) is 22.6. The van der Waals surface area contributed by atoms with Crippen molar-refractivity contribution in [2.45, 2.75) is 59.0 Å². The number of aliphatic carboxylic acids is 1. The van der Waals surface area contributed by atoms with Crippen LogP contribution in [0.1, 0.15) is 52.0 Å².